The number of ketones is 1. The summed E-state index contributed by atoms with van der Waals surface area (Å²) in [6.45, 7) is 1.86. The number of nitro benzene ring substituents is 1. The first-order chi connectivity index (χ1) is 14.3. The Hall–Kier alpha value is -3.78. The molecule has 0 aliphatic carbocycles. The number of hydrogen-bond donors (Lipinski definition) is 0. The summed E-state index contributed by atoms with van der Waals surface area (Å²) in [5, 5.41) is 11.5. The van der Waals surface area contributed by atoms with Gasteiger partial charge in [0, 0.05) is 34.8 Å². The van der Waals surface area contributed by atoms with Gasteiger partial charge in [0.05, 0.1) is 15.3 Å². The van der Waals surface area contributed by atoms with Crippen LogP contribution in [0.4, 0.5) is 5.69 Å². The summed E-state index contributed by atoms with van der Waals surface area (Å²) in [6, 6.07) is 18.5. The number of nitro groups is 1. The van der Waals surface area contributed by atoms with E-state index in [1.54, 1.807) is 36.4 Å². The molecule has 0 saturated carbocycles. The number of hydrogen-bond acceptors (Lipinski definition) is 5. The predicted molar refractivity (Wildman–Crippen MR) is 112 cm³/mol. The number of rotatable bonds is 5. The Bertz CT molecular complexity index is 1400. The molecule has 4 rings (SSSR count). The Morgan fingerprint density at radius 3 is 2.37 bits per heavy atom. The summed E-state index contributed by atoms with van der Waals surface area (Å²) >= 11 is 0. The number of aryl methyl sites for hydroxylation is 1. The van der Waals surface area contributed by atoms with Crippen LogP contribution in [0.1, 0.15) is 21.5 Å². The second kappa shape index (κ2) is 7.23. The third-order valence-corrected chi connectivity index (χ3v) is 6.51. The van der Waals surface area contributed by atoms with Gasteiger partial charge in [-0.2, -0.15) is 0 Å². The van der Waals surface area contributed by atoms with Crippen LogP contribution in [0.5, 0.6) is 0 Å². The molecule has 150 valence electrons. The lowest BCUT2D eigenvalue weighted by atomic mass is 10.0. The van der Waals surface area contributed by atoms with Crippen LogP contribution in [0, 0.1) is 17.0 Å². The average Bonchev–Trinajstić information content (AvgIpc) is 3.14. The van der Waals surface area contributed by atoms with Gasteiger partial charge in [0.2, 0.25) is 0 Å². The average molecular weight is 420 g/mol. The number of carbonyl (C=O) groups excluding carboxylic acids is 1. The standard InChI is InChI=1S/C22H16N2O5S/c1-15-9-11-18(12-10-15)30(28,29)23-14-20(19-7-2-3-8-21(19)23)22(25)16-5-4-6-17(13-16)24(26)27/h2-14H,1H3. The van der Waals surface area contributed by atoms with Crippen molar-refractivity contribution in [2.24, 2.45) is 0 Å². The van der Waals surface area contributed by atoms with Crippen molar-refractivity contribution in [1.29, 1.82) is 0 Å². The van der Waals surface area contributed by atoms with Crippen molar-refractivity contribution in [3.63, 3.8) is 0 Å². The second-order valence-corrected chi connectivity index (χ2v) is 8.63. The van der Waals surface area contributed by atoms with Crippen molar-refractivity contribution in [1.82, 2.24) is 3.97 Å². The summed E-state index contributed by atoms with van der Waals surface area (Å²) in [7, 11) is -3.94. The van der Waals surface area contributed by atoms with Crippen LogP contribution in [0.15, 0.2) is 83.9 Å². The minimum atomic E-state index is -3.94. The molecule has 0 unspecified atom stereocenters. The van der Waals surface area contributed by atoms with Gasteiger partial charge in [-0.3, -0.25) is 14.9 Å². The van der Waals surface area contributed by atoms with Gasteiger partial charge in [-0.15, -0.1) is 0 Å². The highest BCUT2D eigenvalue weighted by atomic mass is 32.2. The zero-order chi connectivity index (χ0) is 21.5. The van der Waals surface area contributed by atoms with E-state index < -0.39 is 20.7 Å². The fraction of sp³-hybridized carbons (Fsp3) is 0.0455. The summed E-state index contributed by atoms with van der Waals surface area (Å²) in [4.78, 5) is 23.7. The second-order valence-electron chi connectivity index (χ2n) is 6.81. The summed E-state index contributed by atoms with van der Waals surface area (Å²) < 4.78 is 27.6. The smallest absolute Gasteiger partial charge is 0.270 e. The van der Waals surface area contributed by atoms with E-state index in [1.807, 2.05) is 6.92 Å². The topological polar surface area (TPSA) is 99.3 Å². The Morgan fingerprint density at radius 2 is 1.67 bits per heavy atom. The monoisotopic (exact) mass is 420 g/mol. The van der Waals surface area contributed by atoms with E-state index in [0.717, 1.165) is 9.54 Å². The minimum absolute atomic E-state index is 0.100. The number of benzene rings is 3. The summed E-state index contributed by atoms with van der Waals surface area (Å²) in [6.07, 6.45) is 1.28. The van der Waals surface area contributed by atoms with Crippen LogP contribution in [-0.4, -0.2) is 23.1 Å². The molecule has 0 spiro atoms. The molecule has 30 heavy (non-hydrogen) atoms. The first-order valence-corrected chi connectivity index (χ1v) is 10.4. The fourth-order valence-corrected chi connectivity index (χ4v) is 4.64. The van der Waals surface area contributed by atoms with Crippen molar-refractivity contribution in [2.75, 3.05) is 0 Å². The minimum Gasteiger partial charge on any atom is -0.289 e. The van der Waals surface area contributed by atoms with Gasteiger partial charge < -0.3 is 0 Å². The van der Waals surface area contributed by atoms with Crippen molar-refractivity contribution in [3.05, 3.63) is 106 Å². The molecule has 0 atom stereocenters. The van der Waals surface area contributed by atoms with Crippen molar-refractivity contribution >= 4 is 32.4 Å². The SMILES string of the molecule is Cc1ccc(S(=O)(=O)n2cc(C(=O)c3cccc([N+](=O)[O-])c3)c3ccccc32)cc1. The Morgan fingerprint density at radius 1 is 0.967 bits per heavy atom. The largest absolute Gasteiger partial charge is 0.289 e. The van der Waals surface area contributed by atoms with E-state index >= 15 is 0 Å². The number of para-hydroxylation sites is 1. The van der Waals surface area contributed by atoms with Crippen molar-refractivity contribution in [2.45, 2.75) is 11.8 Å². The zero-order valence-corrected chi connectivity index (χ0v) is 16.7. The van der Waals surface area contributed by atoms with E-state index in [1.165, 1.54) is 42.6 Å². The molecule has 1 aromatic heterocycles. The molecule has 0 aliphatic heterocycles. The van der Waals surface area contributed by atoms with Crippen LogP contribution >= 0.6 is 0 Å². The molecule has 4 aromatic rings. The number of non-ortho nitro benzene ring substituents is 1. The van der Waals surface area contributed by atoms with Gasteiger partial charge in [0.25, 0.3) is 15.7 Å². The molecule has 7 nitrogen and oxygen atoms in total. The lowest BCUT2D eigenvalue weighted by Crippen LogP contribution is -2.12. The molecule has 0 aliphatic rings. The molecule has 1 heterocycles. The van der Waals surface area contributed by atoms with Crippen LogP contribution < -0.4 is 0 Å². The lowest BCUT2D eigenvalue weighted by Gasteiger charge is -2.07. The van der Waals surface area contributed by atoms with Crippen LogP contribution in [0.3, 0.4) is 0 Å². The number of fused-ring (bicyclic) bond motifs is 1. The molecule has 0 amide bonds. The van der Waals surface area contributed by atoms with Gasteiger partial charge in [0.1, 0.15) is 0 Å². The van der Waals surface area contributed by atoms with E-state index in [9.17, 15) is 23.3 Å². The van der Waals surface area contributed by atoms with Crippen molar-refractivity contribution < 1.29 is 18.1 Å². The Labute approximate surface area is 172 Å². The third kappa shape index (κ3) is 3.27. The maximum atomic E-state index is 13.2. The van der Waals surface area contributed by atoms with Crippen LogP contribution in [0.25, 0.3) is 10.9 Å². The Kier molecular flexibility index (Phi) is 4.71. The molecular weight excluding hydrogens is 404 g/mol. The molecular formula is C22H16N2O5S. The lowest BCUT2D eigenvalue weighted by molar-refractivity contribution is -0.384. The maximum absolute atomic E-state index is 13.2. The molecule has 0 saturated heterocycles. The van der Waals surface area contributed by atoms with Gasteiger partial charge in [-0.1, -0.05) is 48.0 Å². The molecule has 0 N–H and O–H groups in total. The molecule has 8 heteroatoms. The third-order valence-electron chi connectivity index (χ3n) is 4.82. The van der Waals surface area contributed by atoms with Gasteiger partial charge in [0.15, 0.2) is 5.78 Å². The van der Waals surface area contributed by atoms with E-state index in [4.69, 9.17) is 0 Å². The van der Waals surface area contributed by atoms with Crippen molar-refractivity contribution in [3.8, 4) is 0 Å². The summed E-state index contributed by atoms with van der Waals surface area (Å²) in [5.74, 6) is -0.493. The molecule has 0 fully saturated rings. The highest BCUT2D eigenvalue weighted by Gasteiger charge is 2.24. The number of nitrogens with zero attached hydrogens (tertiary/aromatic N) is 2. The summed E-state index contributed by atoms with van der Waals surface area (Å²) in [5.41, 5.74) is 1.33. The normalized spacial score (nSPS) is 11.5. The van der Waals surface area contributed by atoms with Gasteiger partial charge in [-0.05, 0) is 25.1 Å². The highest BCUT2D eigenvalue weighted by Crippen LogP contribution is 2.28. The highest BCUT2D eigenvalue weighted by molar-refractivity contribution is 7.90. The number of carbonyl (C=O) groups is 1. The van der Waals surface area contributed by atoms with E-state index in [2.05, 4.69) is 0 Å². The molecule has 3 aromatic carbocycles. The first-order valence-electron chi connectivity index (χ1n) is 9.00. The van der Waals surface area contributed by atoms with Gasteiger partial charge in [-0.25, -0.2) is 12.4 Å². The fourth-order valence-electron chi connectivity index (χ4n) is 3.27. The quantitative estimate of drug-likeness (QED) is 0.272. The van der Waals surface area contributed by atoms with E-state index in [-0.39, 0.29) is 21.7 Å². The van der Waals surface area contributed by atoms with Crippen LogP contribution in [-0.2, 0) is 10.0 Å². The molecule has 0 bridgehead atoms. The number of aromatic nitrogens is 1. The van der Waals surface area contributed by atoms with Gasteiger partial charge >= 0.3 is 0 Å². The predicted octanol–water partition coefficient (Wildman–Crippen LogP) is 4.33. The Balaban J connectivity index is 1.90. The maximum Gasteiger partial charge on any atom is 0.270 e. The first kappa shape index (κ1) is 19.5. The van der Waals surface area contributed by atoms with E-state index in [0.29, 0.717) is 10.9 Å². The zero-order valence-electron chi connectivity index (χ0n) is 15.8. The van der Waals surface area contributed by atoms with Crippen LogP contribution in [0.2, 0.25) is 0 Å². The molecule has 0 radical (unpaired) electrons.